The van der Waals surface area contributed by atoms with Crippen molar-refractivity contribution in [2.24, 2.45) is 5.41 Å². The lowest BCUT2D eigenvalue weighted by Gasteiger charge is -2.38. The van der Waals surface area contributed by atoms with Crippen molar-refractivity contribution in [3.8, 4) is 0 Å². The lowest BCUT2D eigenvalue weighted by atomic mass is 9.79. The van der Waals surface area contributed by atoms with Gasteiger partial charge in [0.2, 0.25) is 11.8 Å². The van der Waals surface area contributed by atoms with Crippen LogP contribution >= 0.6 is 0 Å². The normalized spacial score (nSPS) is 30.5. The van der Waals surface area contributed by atoms with Gasteiger partial charge in [-0.05, 0) is 38.8 Å². The third kappa shape index (κ3) is 3.46. The van der Waals surface area contributed by atoms with Crippen LogP contribution in [0.3, 0.4) is 0 Å². The van der Waals surface area contributed by atoms with Crippen LogP contribution in [-0.2, 0) is 9.59 Å². The molecule has 116 valence electrons. The topological polar surface area (TPSA) is 52.7 Å². The number of carbonyl (C=O) groups is 2. The average molecular weight is 291 g/mol. The highest BCUT2D eigenvalue weighted by Crippen LogP contribution is 2.36. The summed E-state index contributed by atoms with van der Waals surface area (Å²) >= 11 is 0. The molecule has 2 amide bonds. The van der Waals surface area contributed by atoms with Crippen molar-refractivity contribution in [3.05, 3.63) is 12.2 Å². The molecule has 1 spiro atoms. The van der Waals surface area contributed by atoms with Gasteiger partial charge in [0.1, 0.15) is 0 Å². The van der Waals surface area contributed by atoms with Crippen molar-refractivity contribution in [1.82, 2.24) is 15.1 Å². The van der Waals surface area contributed by atoms with E-state index in [0.717, 1.165) is 52.1 Å². The molecule has 1 N–H and O–H groups in total. The van der Waals surface area contributed by atoms with E-state index in [4.69, 9.17) is 0 Å². The van der Waals surface area contributed by atoms with E-state index >= 15 is 0 Å². The van der Waals surface area contributed by atoms with E-state index in [-0.39, 0.29) is 17.2 Å². The number of rotatable bonds is 3. The number of carbonyl (C=O) groups excluding carboxylic acids is 2. The number of amides is 2. The molecule has 0 bridgehead atoms. The molecule has 3 heterocycles. The SMILES string of the molecule is O=C1CC2(CCCN(C(=O)/C=C/CN3CCCC3)C2)CN1. The summed E-state index contributed by atoms with van der Waals surface area (Å²) in [5.41, 5.74) is -0.00616. The van der Waals surface area contributed by atoms with Crippen LogP contribution < -0.4 is 5.32 Å². The molecule has 21 heavy (non-hydrogen) atoms. The maximum atomic E-state index is 12.3. The van der Waals surface area contributed by atoms with E-state index < -0.39 is 0 Å². The van der Waals surface area contributed by atoms with Crippen LogP contribution in [0.1, 0.15) is 32.1 Å². The molecule has 5 nitrogen and oxygen atoms in total. The van der Waals surface area contributed by atoms with Crippen molar-refractivity contribution in [3.63, 3.8) is 0 Å². The van der Waals surface area contributed by atoms with Crippen LogP contribution in [0.25, 0.3) is 0 Å². The van der Waals surface area contributed by atoms with Crippen LogP contribution in [-0.4, -0.2) is 60.9 Å². The molecule has 1 atom stereocenters. The van der Waals surface area contributed by atoms with Gasteiger partial charge in [0.25, 0.3) is 0 Å². The Morgan fingerprint density at radius 3 is 2.76 bits per heavy atom. The van der Waals surface area contributed by atoms with Gasteiger partial charge in [-0.2, -0.15) is 0 Å². The van der Waals surface area contributed by atoms with Gasteiger partial charge in [0, 0.05) is 44.1 Å². The zero-order chi connectivity index (χ0) is 14.7. The standard InChI is InChI=1S/C16H25N3O2/c20-14-11-16(12-17-14)6-4-10-19(13-16)15(21)5-3-9-18-7-1-2-8-18/h3,5H,1-2,4,6-13H2,(H,17,20)/b5-3+. The summed E-state index contributed by atoms with van der Waals surface area (Å²) in [6.45, 7) is 5.46. The molecular formula is C16H25N3O2. The molecule has 3 saturated heterocycles. The van der Waals surface area contributed by atoms with E-state index in [1.807, 2.05) is 11.0 Å². The second-order valence-corrected chi connectivity index (χ2v) is 6.73. The van der Waals surface area contributed by atoms with E-state index in [2.05, 4.69) is 10.2 Å². The molecule has 1 unspecified atom stereocenters. The fourth-order valence-corrected chi connectivity index (χ4v) is 3.81. The molecule has 0 aromatic heterocycles. The summed E-state index contributed by atoms with van der Waals surface area (Å²) in [5, 5.41) is 2.92. The van der Waals surface area contributed by atoms with Crippen molar-refractivity contribution < 1.29 is 9.59 Å². The molecule has 0 aromatic carbocycles. The molecule has 0 radical (unpaired) electrons. The van der Waals surface area contributed by atoms with Gasteiger partial charge in [-0.25, -0.2) is 0 Å². The lowest BCUT2D eigenvalue weighted by Crippen LogP contribution is -2.46. The number of piperidine rings is 1. The maximum absolute atomic E-state index is 12.3. The van der Waals surface area contributed by atoms with Crippen LogP contribution in [0.5, 0.6) is 0 Å². The summed E-state index contributed by atoms with van der Waals surface area (Å²) in [6.07, 6.45) is 8.89. The highest BCUT2D eigenvalue weighted by Gasteiger charge is 2.42. The fraction of sp³-hybridized carbons (Fsp3) is 0.750. The Labute approximate surface area is 126 Å². The molecule has 5 heteroatoms. The largest absolute Gasteiger partial charge is 0.355 e. The molecule has 3 fully saturated rings. The second kappa shape index (κ2) is 6.18. The minimum absolute atomic E-state index is 0.00616. The van der Waals surface area contributed by atoms with Crippen LogP contribution in [0.15, 0.2) is 12.2 Å². The van der Waals surface area contributed by atoms with Gasteiger partial charge in [-0.3, -0.25) is 14.5 Å². The number of likely N-dealkylation sites (tertiary alicyclic amines) is 2. The lowest BCUT2D eigenvalue weighted by molar-refractivity contribution is -0.130. The fourth-order valence-electron chi connectivity index (χ4n) is 3.81. The first-order valence-electron chi connectivity index (χ1n) is 8.11. The maximum Gasteiger partial charge on any atom is 0.246 e. The van der Waals surface area contributed by atoms with Gasteiger partial charge >= 0.3 is 0 Å². The number of nitrogens with zero attached hydrogens (tertiary/aromatic N) is 2. The summed E-state index contributed by atoms with van der Waals surface area (Å²) in [6, 6.07) is 0. The molecule has 0 aromatic rings. The highest BCUT2D eigenvalue weighted by atomic mass is 16.2. The Hall–Kier alpha value is -1.36. The summed E-state index contributed by atoms with van der Waals surface area (Å²) in [5.74, 6) is 0.237. The first kappa shape index (κ1) is 14.6. The summed E-state index contributed by atoms with van der Waals surface area (Å²) in [4.78, 5) is 28.1. The Balaban J connectivity index is 1.52. The first-order valence-corrected chi connectivity index (χ1v) is 8.11. The van der Waals surface area contributed by atoms with Crippen LogP contribution in [0.4, 0.5) is 0 Å². The minimum atomic E-state index is -0.00616. The Morgan fingerprint density at radius 2 is 2.05 bits per heavy atom. The zero-order valence-electron chi connectivity index (χ0n) is 12.6. The monoisotopic (exact) mass is 291 g/mol. The zero-order valence-corrected chi connectivity index (χ0v) is 12.6. The van der Waals surface area contributed by atoms with E-state index in [9.17, 15) is 9.59 Å². The second-order valence-electron chi connectivity index (χ2n) is 6.73. The molecule has 3 rings (SSSR count). The molecule has 0 aliphatic carbocycles. The first-order chi connectivity index (χ1) is 10.2. The number of nitrogens with one attached hydrogen (secondary N) is 1. The Kier molecular flexibility index (Phi) is 4.29. The smallest absolute Gasteiger partial charge is 0.246 e. The van der Waals surface area contributed by atoms with Crippen molar-refractivity contribution >= 4 is 11.8 Å². The van der Waals surface area contributed by atoms with E-state index in [1.54, 1.807) is 6.08 Å². The van der Waals surface area contributed by atoms with Gasteiger partial charge in [0.05, 0.1) is 0 Å². The summed E-state index contributed by atoms with van der Waals surface area (Å²) in [7, 11) is 0. The van der Waals surface area contributed by atoms with Crippen molar-refractivity contribution in [1.29, 1.82) is 0 Å². The number of hydrogen-bond donors (Lipinski definition) is 1. The third-order valence-corrected chi connectivity index (χ3v) is 4.99. The predicted molar refractivity (Wildman–Crippen MR) is 80.7 cm³/mol. The highest BCUT2D eigenvalue weighted by molar-refractivity contribution is 5.88. The van der Waals surface area contributed by atoms with E-state index in [0.29, 0.717) is 6.42 Å². The van der Waals surface area contributed by atoms with Gasteiger partial charge in [-0.15, -0.1) is 0 Å². The van der Waals surface area contributed by atoms with Crippen LogP contribution in [0.2, 0.25) is 0 Å². The van der Waals surface area contributed by atoms with E-state index in [1.165, 1.54) is 12.8 Å². The third-order valence-electron chi connectivity index (χ3n) is 4.99. The van der Waals surface area contributed by atoms with Crippen LogP contribution in [0, 0.1) is 5.41 Å². The number of hydrogen-bond acceptors (Lipinski definition) is 3. The Bertz CT molecular complexity index is 443. The van der Waals surface area contributed by atoms with Gasteiger partial charge in [-0.1, -0.05) is 6.08 Å². The minimum Gasteiger partial charge on any atom is -0.355 e. The van der Waals surface area contributed by atoms with Gasteiger partial charge in [0.15, 0.2) is 0 Å². The average Bonchev–Trinajstić information content (AvgIpc) is 3.10. The quantitative estimate of drug-likeness (QED) is 0.781. The molecule has 0 saturated carbocycles. The Morgan fingerprint density at radius 1 is 1.24 bits per heavy atom. The van der Waals surface area contributed by atoms with Gasteiger partial charge < -0.3 is 10.2 Å². The summed E-state index contributed by atoms with van der Waals surface area (Å²) < 4.78 is 0. The van der Waals surface area contributed by atoms with Crippen molar-refractivity contribution in [2.45, 2.75) is 32.1 Å². The molecule has 3 aliphatic heterocycles. The predicted octanol–water partition coefficient (Wildman–Crippen LogP) is 0.767. The molecular weight excluding hydrogens is 266 g/mol. The van der Waals surface area contributed by atoms with Crippen molar-refractivity contribution in [2.75, 3.05) is 39.3 Å². The molecule has 3 aliphatic rings.